The molecule has 2 aliphatic rings. The van der Waals surface area contributed by atoms with Gasteiger partial charge in [-0.1, -0.05) is 35.9 Å². The molecule has 1 fully saturated rings. The number of allylic oxidation sites excluding steroid dienone is 1. The van der Waals surface area contributed by atoms with Gasteiger partial charge in [-0.2, -0.15) is 0 Å². The first-order chi connectivity index (χ1) is 16.0. The first kappa shape index (κ1) is 23.3. The number of aromatic nitrogens is 1. The van der Waals surface area contributed by atoms with E-state index >= 15 is 0 Å². The molecule has 7 nitrogen and oxygen atoms in total. The van der Waals surface area contributed by atoms with Crippen LogP contribution in [0.25, 0.3) is 0 Å². The zero-order valence-corrected chi connectivity index (χ0v) is 19.5. The van der Waals surface area contributed by atoms with E-state index in [2.05, 4.69) is 4.98 Å². The summed E-state index contributed by atoms with van der Waals surface area (Å²) in [6.45, 7) is 2.94. The number of ether oxygens (including phenoxy) is 3. The van der Waals surface area contributed by atoms with Crippen LogP contribution >= 0.6 is 11.6 Å². The lowest BCUT2D eigenvalue weighted by atomic mass is 9.84. The Morgan fingerprint density at radius 3 is 2.82 bits per heavy atom. The lowest BCUT2D eigenvalue weighted by Gasteiger charge is -2.35. The number of rotatable bonds is 7. The first-order valence-corrected chi connectivity index (χ1v) is 11.4. The Morgan fingerprint density at radius 1 is 1.27 bits per heavy atom. The molecular formula is C25H27ClN2O5. The van der Waals surface area contributed by atoms with Crippen LogP contribution in [0, 0.1) is 0 Å². The van der Waals surface area contributed by atoms with Crippen LogP contribution in [0.3, 0.4) is 0 Å². The molecule has 0 bridgehead atoms. The second-order valence-corrected chi connectivity index (χ2v) is 8.52. The number of methoxy groups -OCH3 is 1. The fraction of sp³-hybridized carbons (Fsp3) is 0.400. The van der Waals surface area contributed by atoms with Crippen LogP contribution < -0.4 is 4.74 Å². The lowest BCUT2D eigenvalue weighted by molar-refractivity contribution is -0.141. The number of carbonyl (C=O) groups excluding carboxylic acids is 2. The van der Waals surface area contributed by atoms with Crippen molar-refractivity contribution in [2.45, 2.75) is 44.8 Å². The minimum absolute atomic E-state index is 0.0340. The van der Waals surface area contributed by atoms with Crippen molar-refractivity contribution < 1.29 is 23.8 Å². The molecule has 0 saturated carbocycles. The summed E-state index contributed by atoms with van der Waals surface area (Å²) >= 11 is 6.36. The van der Waals surface area contributed by atoms with Crippen molar-refractivity contribution >= 4 is 23.5 Å². The molecule has 174 valence electrons. The molecule has 4 rings (SSSR count). The maximum atomic E-state index is 13.4. The highest BCUT2D eigenvalue weighted by molar-refractivity contribution is 6.30. The highest BCUT2D eigenvalue weighted by atomic mass is 35.5. The number of benzene rings is 1. The number of esters is 1. The van der Waals surface area contributed by atoms with Gasteiger partial charge in [-0.3, -0.25) is 4.79 Å². The number of hydrogen-bond donors (Lipinski definition) is 0. The maximum absolute atomic E-state index is 13.4. The SMILES string of the molecule is COc1ccccc1COC(=O)C1=C(C)N(C[C@H]2CCCO2)C(=O)CC1c1cccnc1Cl. The van der Waals surface area contributed by atoms with Gasteiger partial charge in [0.1, 0.15) is 17.5 Å². The van der Waals surface area contributed by atoms with Gasteiger partial charge in [0, 0.05) is 36.4 Å². The van der Waals surface area contributed by atoms with E-state index in [0.29, 0.717) is 35.7 Å². The van der Waals surface area contributed by atoms with Crippen molar-refractivity contribution in [2.24, 2.45) is 0 Å². The molecule has 2 aromatic rings. The Labute approximate surface area is 198 Å². The van der Waals surface area contributed by atoms with Crippen LogP contribution in [0.1, 0.15) is 43.2 Å². The van der Waals surface area contributed by atoms with Crippen molar-refractivity contribution in [3.05, 3.63) is 70.1 Å². The number of halogens is 1. The fourth-order valence-electron chi connectivity index (χ4n) is 4.46. The number of nitrogens with zero attached hydrogens (tertiary/aromatic N) is 2. The molecule has 0 N–H and O–H groups in total. The van der Waals surface area contributed by atoms with E-state index in [1.54, 1.807) is 37.3 Å². The third-order valence-corrected chi connectivity index (χ3v) is 6.48. The quantitative estimate of drug-likeness (QED) is 0.444. The highest BCUT2D eigenvalue weighted by Gasteiger charge is 2.39. The van der Waals surface area contributed by atoms with Crippen LogP contribution in [-0.2, 0) is 25.7 Å². The lowest BCUT2D eigenvalue weighted by Crippen LogP contribution is -2.42. The summed E-state index contributed by atoms with van der Waals surface area (Å²) in [6.07, 6.45) is 3.51. The predicted octanol–water partition coefficient (Wildman–Crippen LogP) is 4.26. The fourth-order valence-corrected chi connectivity index (χ4v) is 4.71. The third-order valence-electron chi connectivity index (χ3n) is 6.17. The van der Waals surface area contributed by atoms with Crippen molar-refractivity contribution in [3.63, 3.8) is 0 Å². The summed E-state index contributed by atoms with van der Waals surface area (Å²) in [5.74, 6) is -0.464. The molecule has 2 atom stereocenters. The van der Waals surface area contributed by atoms with E-state index in [0.717, 1.165) is 18.4 Å². The number of amides is 1. The molecule has 33 heavy (non-hydrogen) atoms. The van der Waals surface area contributed by atoms with Gasteiger partial charge in [0.25, 0.3) is 0 Å². The number of hydrogen-bond acceptors (Lipinski definition) is 6. The van der Waals surface area contributed by atoms with Crippen LogP contribution in [0.2, 0.25) is 5.15 Å². The zero-order chi connectivity index (χ0) is 23.4. The Kier molecular flexibility index (Phi) is 7.30. The molecule has 0 aliphatic carbocycles. The molecule has 0 radical (unpaired) electrons. The second-order valence-electron chi connectivity index (χ2n) is 8.17. The second kappa shape index (κ2) is 10.4. The Morgan fingerprint density at radius 2 is 2.09 bits per heavy atom. The molecule has 1 aromatic heterocycles. The minimum Gasteiger partial charge on any atom is -0.496 e. The summed E-state index contributed by atoms with van der Waals surface area (Å²) in [4.78, 5) is 32.3. The van der Waals surface area contributed by atoms with Crippen LogP contribution in [-0.4, -0.2) is 48.1 Å². The third kappa shape index (κ3) is 5.04. The van der Waals surface area contributed by atoms with Crippen LogP contribution in [0.4, 0.5) is 0 Å². The Bertz CT molecular complexity index is 1060. The average molecular weight is 471 g/mol. The molecule has 0 spiro atoms. The van der Waals surface area contributed by atoms with Crippen molar-refractivity contribution in [1.82, 2.24) is 9.88 Å². The van der Waals surface area contributed by atoms with Gasteiger partial charge in [-0.05, 0) is 37.5 Å². The van der Waals surface area contributed by atoms with Crippen molar-refractivity contribution in [3.8, 4) is 5.75 Å². The largest absolute Gasteiger partial charge is 0.496 e. The van der Waals surface area contributed by atoms with E-state index in [1.165, 1.54) is 0 Å². The molecule has 1 aromatic carbocycles. The zero-order valence-electron chi connectivity index (χ0n) is 18.8. The molecule has 3 heterocycles. The summed E-state index contributed by atoms with van der Waals surface area (Å²) in [5, 5.41) is 0.269. The topological polar surface area (TPSA) is 78.0 Å². The summed E-state index contributed by atoms with van der Waals surface area (Å²) < 4.78 is 16.8. The Balaban J connectivity index is 1.66. The average Bonchev–Trinajstić information content (AvgIpc) is 3.34. The van der Waals surface area contributed by atoms with E-state index in [-0.39, 0.29) is 30.2 Å². The van der Waals surface area contributed by atoms with Crippen molar-refractivity contribution in [1.29, 1.82) is 0 Å². The standard InChI is InChI=1S/C25H27ClN2O5/c1-16-23(25(30)33-15-17-7-3-4-10-21(17)31-2)20(19-9-5-11-27-24(19)26)13-22(29)28(16)14-18-8-6-12-32-18/h3-5,7,9-11,18,20H,6,8,12-15H2,1-2H3/t18-,20?/m1/s1. The maximum Gasteiger partial charge on any atom is 0.336 e. The molecule has 1 amide bonds. The van der Waals surface area contributed by atoms with Gasteiger partial charge in [0.15, 0.2) is 0 Å². The molecule has 2 aliphatic heterocycles. The van der Waals surface area contributed by atoms with E-state index in [1.807, 2.05) is 24.3 Å². The molecule has 8 heteroatoms. The first-order valence-electron chi connectivity index (χ1n) is 11.0. The van der Waals surface area contributed by atoms with Crippen LogP contribution in [0.5, 0.6) is 5.75 Å². The van der Waals surface area contributed by atoms with Gasteiger partial charge in [-0.25, -0.2) is 9.78 Å². The van der Waals surface area contributed by atoms with Gasteiger partial charge in [-0.15, -0.1) is 0 Å². The monoisotopic (exact) mass is 470 g/mol. The van der Waals surface area contributed by atoms with Crippen LogP contribution in [0.15, 0.2) is 53.9 Å². The van der Waals surface area contributed by atoms with Gasteiger partial charge in [0.05, 0.1) is 25.3 Å². The minimum atomic E-state index is -0.537. The van der Waals surface area contributed by atoms with Gasteiger partial charge < -0.3 is 19.1 Å². The van der Waals surface area contributed by atoms with E-state index in [4.69, 9.17) is 25.8 Å². The molecule has 1 saturated heterocycles. The number of pyridine rings is 1. The van der Waals surface area contributed by atoms with Gasteiger partial charge in [0.2, 0.25) is 5.91 Å². The normalized spacial score (nSPS) is 20.8. The van der Waals surface area contributed by atoms with Crippen molar-refractivity contribution in [2.75, 3.05) is 20.3 Å². The predicted molar refractivity (Wildman–Crippen MR) is 123 cm³/mol. The summed E-state index contributed by atoms with van der Waals surface area (Å²) in [6, 6.07) is 10.9. The summed E-state index contributed by atoms with van der Waals surface area (Å²) in [7, 11) is 1.57. The molecular weight excluding hydrogens is 444 g/mol. The summed E-state index contributed by atoms with van der Waals surface area (Å²) in [5.41, 5.74) is 2.37. The Hall–Kier alpha value is -2.90. The smallest absolute Gasteiger partial charge is 0.336 e. The number of para-hydroxylation sites is 1. The molecule has 1 unspecified atom stereocenters. The van der Waals surface area contributed by atoms with E-state index < -0.39 is 11.9 Å². The highest BCUT2D eigenvalue weighted by Crippen LogP contribution is 2.39. The number of carbonyl (C=O) groups is 2. The van der Waals surface area contributed by atoms with Gasteiger partial charge >= 0.3 is 5.97 Å². The van der Waals surface area contributed by atoms with E-state index in [9.17, 15) is 9.59 Å².